The molecule has 2 aromatic rings. The van der Waals surface area contributed by atoms with Gasteiger partial charge in [-0.3, -0.25) is 4.79 Å². The maximum absolute atomic E-state index is 12.9. The number of nitrogens with one attached hydrogen (secondary N) is 1. The Labute approximate surface area is 119 Å². The number of nitrogens with two attached hydrogens (primary N) is 1. The fraction of sp³-hybridized carbons (Fsp3) is 0.250. The van der Waals surface area contributed by atoms with Gasteiger partial charge in [-0.05, 0) is 31.2 Å². The number of halogens is 1. The van der Waals surface area contributed by atoms with Gasteiger partial charge in [0.2, 0.25) is 11.1 Å². The van der Waals surface area contributed by atoms with E-state index in [-0.39, 0.29) is 17.5 Å². The summed E-state index contributed by atoms with van der Waals surface area (Å²) in [5, 5.41) is 11.0. The lowest BCUT2D eigenvalue weighted by Crippen LogP contribution is -2.24. The number of amides is 1. The summed E-state index contributed by atoms with van der Waals surface area (Å²) in [6.45, 7) is 2.43. The van der Waals surface area contributed by atoms with E-state index in [1.807, 2.05) is 6.92 Å². The van der Waals surface area contributed by atoms with Gasteiger partial charge in [0.25, 0.3) is 0 Å². The number of hydrogen-bond acceptors (Lipinski definition) is 5. The van der Waals surface area contributed by atoms with Crippen LogP contribution in [0.3, 0.4) is 0 Å². The van der Waals surface area contributed by atoms with Crippen LogP contribution in [0.4, 0.5) is 4.39 Å². The highest BCUT2D eigenvalue weighted by molar-refractivity contribution is 7.99. The molecule has 0 aliphatic heterocycles. The number of benzene rings is 1. The molecule has 0 aliphatic rings. The molecule has 0 saturated carbocycles. The summed E-state index contributed by atoms with van der Waals surface area (Å²) in [4.78, 5) is 11.4. The number of nitrogen functional groups attached to an aromatic ring is 1. The minimum Gasteiger partial charge on any atom is -0.356 e. The summed E-state index contributed by atoms with van der Waals surface area (Å²) in [7, 11) is 0. The van der Waals surface area contributed by atoms with Crippen molar-refractivity contribution >= 4 is 17.7 Å². The molecule has 20 heavy (non-hydrogen) atoms. The molecule has 0 bridgehead atoms. The molecule has 0 atom stereocenters. The number of rotatable bonds is 5. The van der Waals surface area contributed by atoms with Gasteiger partial charge in [0.1, 0.15) is 5.82 Å². The monoisotopic (exact) mass is 295 g/mol. The van der Waals surface area contributed by atoms with E-state index in [9.17, 15) is 9.18 Å². The first-order valence-electron chi connectivity index (χ1n) is 5.97. The van der Waals surface area contributed by atoms with Gasteiger partial charge in [-0.25, -0.2) is 9.07 Å². The van der Waals surface area contributed by atoms with Crippen LogP contribution in [0.25, 0.3) is 11.4 Å². The van der Waals surface area contributed by atoms with Crippen LogP contribution in [0.2, 0.25) is 0 Å². The van der Waals surface area contributed by atoms with Gasteiger partial charge in [-0.1, -0.05) is 11.8 Å². The van der Waals surface area contributed by atoms with Crippen LogP contribution in [-0.4, -0.2) is 33.1 Å². The maximum atomic E-state index is 12.9. The van der Waals surface area contributed by atoms with Crippen molar-refractivity contribution in [1.29, 1.82) is 0 Å². The smallest absolute Gasteiger partial charge is 0.230 e. The first-order valence-corrected chi connectivity index (χ1v) is 6.96. The first-order chi connectivity index (χ1) is 9.61. The Morgan fingerprint density at radius 2 is 2.10 bits per heavy atom. The number of nitrogens with zero attached hydrogens (tertiary/aromatic N) is 3. The van der Waals surface area contributed by atoms with E-state index in [0.717, 1.165) is 0 Å². The van der Waals surface area contributed by atoms with Crippen LogP contribution in [0, 0.1) is 5.82 Å². The number of aromatic nitrogens is 3. The number of thioether (sulfide) groups is 1. The molecule has 0 unspecified atom stereocenters. The molecule has 8 heteroatoms. The molecule has 0 aliphatic carbocycles. The fourth-order valence-corrected chi connectivity index (χ4v) is 2.24. The predicted molar refractivity (Wildman–Crippen MR) is 75.0 cm³/mol. The maximum Gasteiger partial charge on any atom is 0.230 e. The van der Waals surface area contributed by atoms with Crippen molar-refractivity contribution < 1.29 is 9.18 Å². The second-order valence-electron chi connectivity index (χ2n) is 3.93. The summed E-state index contributed by atoms with van der Waals surface area (Å²) >= 11 is 1.19. The van der Waals surface area contributed by atoms with Crippen LogP contribution in [0.15, 0.2) is 29.4 Å². The Balaban J connectivity index is 2.11. The third kappa shape index (κ3) is 3.27. The molecule has 0 radical (unpaired) electrons. The molecular formula is C12H14FN5OS. The third-order valence-corrected chi connectivity index (χ3v) is 3.42. The molecule has 1 aromatic heterocycles. The van der Waals surface area contributed by atoms with E-state index in [4.69, 9.17) is 5.84 Å². The minimum absolute atomic E-state index is 0.0937. The topological polar surface area (TPSA) is 85.8 Å². The van der Waals surface area contributed by atoms with Gasteiger partial charge in [0.15, 0.2) is 5.82 Å². The van der Waals surface area contributed by atoms with Crippen LogP contribution in [-0.2, 0) is 4.79 Å². The van der Waals surface area contributed by atoms with Gasteiger partial charge in [-0.2, -0.15) is 0 Å². The fourth-order valence-electron chi connectivity index (χ4n) is 1.55. The van der Waals surface area contributed by atoms with E-state index < -0.39 is 0 Å². The average Bonchev–Trinajstić information content (AvgIpc) is 2.79. The van der Waals surface area contributed by atoms with E-state index in [0.29, 0.717) is 23.1 Å². The number of carbonyl (C=O) groups is 1. The first kappa shape index (κ1) is 14.3. The highest BCUT2D eigenvalue weighted by Gasteiger charge is 2.13. The summed E-state index contributed by atoms with van der Waals surface area (Å²) < 4.78 is 14.2. The molecule has 1 heterocycles. The molecule has 2 rings (SSSR count). The molecule has 3 N–H and O–H groups in total. The van der Waals surface area contributed by atoms with Gasteiger partial charge in [0, 0.05) is 12.1 Å². The number of carbonyl (C=O) groups excluding carboxylic acids is 1. The lowest BCUT2D eigenvalue weighted by atomic mass is 10.2. The second-order valence-corrected chi connectivity index (χ2v) is 4.87. The van der Waals surface area contributed by atoms with E-state index in [1.165, 1.54) is 28.6 Å². The Kier molecular flexibility index (Phi) is 4.57. The molecule has 6 nitrogen and oxygen atoms in total. The minimum atomic E-state index is -0.331. The summed E-state index contributed by atoms with van der Waals surface area (Å²) in [5.74, 6) is 6.09. The Morgan fingerprint density at radius 1 is 1.40 bits per heavy atom. The molecule has 0 saturated heterocycles. The molecule has 0 fully saturated rings. The van der Waals surface area contributed by atoms with E-state index >= 15 is 0 Å². The van der Waals surface area contributed by atoms with Crippen LogP contribution < -0.4 is 11.2 Å². The van der Waals surface area contributed by atoms with Crippen molar-refractivity contribution in [2.45, 2.75) is 12.1 Å². The second kappa shape index (κ2) is 6.38. The van der Waals surface area contributed by atoms with Crippen molar-refractivity contribution in [2.24, 2.45) is 0 Å². The molecule has 106 valence electrons. The standard InChI is InChI=1S/C12H14FN5OS/c1-2-15-10(19)7-20-12-17-16-11(18(12)14)8-3-5-9(13)6-4-8/h3-6H,2,7,14H2,1H3,(H,15,19). The Morgan fingerprint density at radius 3 is 2.75 bits per heavy atom. The van der Waals surface area contributed by atoms with Gasteiger partial charge < -0.3 is 11.2 Å². The summed E-state index contributed by atoms with van der Waals surface area (Å²) in [6, 6.07) is 5.79. The van der Waals surface area contributed by atoms with Crippen molar-refractivity contribution in [3.8, 4) is 11.4 Å². The quantitative estimate of drug-likeness (QED) is 0.635. The SMILES string of the molecule is CCNC(=O)CSc1nnc(-c2ccc(F)cc2)n1N. The van der Waals surface area contributed by atoms with Crippen molar-refractivity contribution in [3.63, 3.8) is 0 Å². The van der Waals surface area contributed by atoms with Crippen LogP contribution in [0.5, 0.6) is 0 Å². The highest BCUT2D eigenvalue weighted by atomic mass is 32.2. The Hall–Kier alpha value is -2.09. The van der Waals surface area contributed by atoms with Crippen LogP contribution >= 0.6 is 11.8 Å². The van der Waals surface area contributed by atoms with Crippen LogP contribution in [0.1, 0.15) is 6.92 Å². The molecular weight excluding hydrogens is 281 g/mol. The zero-order chi connectivity index (χ0) is 14.5. The third-order valence-electron chi connectivity index (χ3n) is 2.47. The molecule has 1 aromatic carbocycles. The summed E-state index contributed by atoms with van der Waals surface area (Å²) in [5.41, 5.74) is 0.659. The van der Waals surface area contributed by atoms with Crippen molar-refractivity contribution in [1.82, 2.24) is 20.2 Å². The lowest BCUT2D eigenvalue weighted by molar-refractivity contribution is -0.118. The molecule has 1 amide bonds. The zero-order valence-corrected chi connectivity index (χ0v) is 11.7. The predicted octanol–water partition coefficient (Wildman–Crippen LogP) is 1.03. The highest BCUT2D eigenvalue weighted by Crippen LogP contribution is 2.21. The van der Waals surface area contributed by atoms with E-state index in [2.05, 4.69) is 15.5 Å². The normalized spacial score (nSPS) is 10.5. The summed E-state index contributed by atoms with van der Waals surface area (Å²) in [6.07, 6.45) is 0. The lowest BCUT2D eigenvalue weighted by Gasteiger charge is -2.04. The zero-order valence-electron chi connectivity index (χ0n) is 10.8. The van der Waals surface area contributed by atoms with Gasteiger partial charge >= 0.3 is 0 Å². The largest absolute Gasteiger partial charge is 0.356 e. The number of hydrogen-bond donors (Lipinski definition) is 2. The van der Waals surface area contributed by atoms with Gasteiger partial charge in [0.05, 0.1) is 5.75 Å². The Bertz CT molecular complexity index is 598. The van der Waals surface area contributed by atoms with Gasteiger partial charge in [-0.15, -0.1) is 10.2 Å². The van der Waals surface area contributed by atoms with Crippen molar-refractivity contribution in [2.75, 3.05) is 18.1 Å². The van der Waals surface area contributed by atoms with Crippen molar-refractivity contribution in [3.05, 3.63) is 30.1 Å². The van der Waals surface area contributed by atoms with E-state index in [1.54, 1.807) is 12.1 Å². The molecule has 0 spiro atoms. The average molecular weight is 295 g/mol.